The van der Waals surface area contributed by atoms with Gasteiger partial charge in [-0.25, -0.2) is 0 Å². The molecule has 0 unspecified atom stereocenters. The number of nitrogens with zero attached hydrogens (tertiary/aromatic N) is 4. The lowest BCUT2D eigenvalue weighted by Crippen LogP contribution is -2.51. The fourth-order valence-electron chi connectivity index (χ4n) is 3.42. The first-order valence-corrected chi connectivity index (χ1v) is 8.89. The zero-order valence-corrected chi connectivity index (χ0v) is 14.8. The van der Waals surface area contributed by atoms with E-state index in [-0.39, 0.29) is 5.91 Å². The number of morpholine rings is 1. The molecule has 6 nitrogen and oxygen atoms in total. The smallest absolute Gasteiger partial charge is 0.254 e. The molecule has 1 amide bonds. The molecule has 2 aliphatic heterocycles. The van der Waals surface area contributed by atoms with E-state index in [1.807, 2.05) is 30.9 Å². The molecule has 0 spiro atoms. The zero-order valence-electron chi connectivity index (χ0n) is 14.8. The van der Waals surface area contributed by atoms with E-state index < -0.39 is 0 Å². The van der Waals surface area contributed by atoms with Gasteiger partial charge in [0.1, 0.15) is 0 Å². The second kappa shape index (κ2) is 8.05. The first-order chi connectivity index (χ1) is 11.6. The van der Waals surface area contributed by atoms with Gasteiger partial charge in [-0.05, 0) is 26.0 Å². The number of aromatic nitrogens is 1. The van der Waals surface area contributed by atoms with Crippen molar-refractivity contribution >= 4 is 5.91 Å². The van der Waals surface area contributed by atoms with Crippen molar-refractivity contribution in [1.29, 1.82) is 0 Å². The van der Waals surface area contributed by atoms with Crippen LogP contribution in [0.3, 0.4) is 0 Å². The molecular formula is C18H28N4O2. The summed E-state index contributed by atoms with van der Waals surface area (Å²) in [4.78, 5) is 23.9. The third-order valence-corrected chi connectivity index (χ3v) is 4.82. The van der Waals surface area contributed by atoms with Crippen molar-refractivity contribution in [3.63, 3.8) is 0 Å². The van der Waals surface area contributed by atoms with Gasteiger partial charge in [-0.2, -0.15) is 0 Å². The molecule has 1 aromatic heterocycles. The molecule has 24 heavy (non-hydrogen) atoms. The largest absolute Gasteiger partial charge is 0.379 e. The first kappa shape index (κ1) is 17.3. The van der Waals surface area contributed by atoms with E-state index in [0.717, 1.165) is 82.5 Å². The average molecular weight is 332 g/mol. The maximum Gasteiger partial charge on any atom is 0.254 e. The molecule has 2 saturated heterocycles. The lowest BCUT2D eigenvalue weighted by atomic mass is 10.1. The Balaban J connectivity index is 1.46. The Morgan fingerprint density at radius 1 is 0.958 bits per heavy atom. The number of hydrogen-bond acceptors (Lipinski definition) is 5. The third kappa shape index (κ3) is 4.53. The molecule has 0 aromatic carbocycles. The van der Waals surface area contributed by atoms with Crippen LogP contribution in [0.15, 0.2) is 12.1 Å². The molecule has 0 bridgehead atoms. The predicted molar refractivity (Wildman–Crippen MR) is 93.3 cm³/mol. The molecule has 2 aliphatic rings. The van der Waals surface area contributed by atoms with Crippen molar-refractivity contribution in [3.8, 4) is 0 Å². The van der Waals surface area contributed by atoms with Gasteiger partial charge in [0.15, 0.2) is 0 Å². The molecule has 0 saturated carbocycles. The van der Waals surface area contributed by atoms with Crippen molar-refractivity contribution in [1.82, 2.24) is 19.7 Å². The van der Waals surface area contributed by atoms with Gasteiger partial charge < -0.3 is 9.64 Å². The Morgan fingerprint density at radius 2 is 1.50 bits per heavy atom. The minimum absolute atomic E-state index is 0.136. The lowest BCUT2D eigenvalue weighted by Gasteiger charge is -2.36. The van der Waals surface area contributed by atoms with Crippen LogP contribution >= 0.6 is 0 Å². The molecular weight excluding hydrogens is 304 g/mol. The fraction of sp³-hybridized carbons (Fsp3) is 0.667. The van der Waals surface area contributed by atoms with Crippen LogP contribution in [0.5, 0.6) is 0 Å². The SMILES string of the molecule is Cc1cc(C(=O)N2CCN(CCN3CCOCC3)CC2)cc(C)n1. The molecule has 6 heteroatoms. The summed E-state index contributed by atoms with van der Waals surface area (Å²) in [5, 5.41) is 0. The topological polar surface area (TPSA) is 48.9 Å². The van der Waals surface area contributed by atoms with Crippen molar-refractivity contribution in [2.45, 2.75) is 13.8 Å². The maximum atomic E-state index is 12.7. The van der Waals surface area contributed by atoms with Gasteiger partial charge in [0.2, 0.25) is 0 Å². The van der Waals surface area contributed by atoms with E-state index >= 15 is 0 Å². The van der Waals surface area contributed by atoms with Gasteiger partial charge in [-0.15, -0.1) is 0 Å². The normalized spacial score (nSPS) is 20.3. The zero-order chi connectivity index (χ0) is 16.9. The maximum absolute atomic E-state index is 12.7. The second-order valence-corrected chi connectivity index (χ2v) is 6.73. The van der Waals surface area contributed by atoms with E-state index in [1.54, 1.807) is 0 Å². The molecule has 3 rings (SSSR count). The van der Waals surface area contributed by atoms with Crippen molar-refractivity contribution < 1.29 is 9.53 Å². The van der Waals surface area contributed by atoms with Crippen LogP contribution < -0.4 is 0 Å². The van der Waals surface area contributed by atoms with Gasteiger partial charge in [0, 0.05) is 69.3 Å². The molecule has 0 N–H and O–H groups in total. The Kier molecular flexibility index (Phi) is 5.81. The number of aryl methyl sites for hydroxylation is 2. The highest BCUT2D eigenvalue weighted by Gasteiger charge is 2.23. The summed E-state index contributed by atoms with van der Waals surface area (Å²) in [6.07, 6.45) is 0. The van der Waals surface area contributed by atoms with Crippen LogP contribution in [-0.4, -0.2) is 91.2 Å². The summed E-state index contributed by atoms with van der Waals surface area (Å²) in [7, 11) is 0. The van der Waals surface area contributed by atoms with E-state index in [2.05, 4.69) is 14.8 Å². The van der Waals surface area contributed by atoms with E-state index in [4.69, 9.17) is 4.74 Å². The summed E-state index contributed by atoms with van der Waals surface area (Å²) < 4.78 is 5.39. The molecule has 2 fully saturated rings. The van der Waals surface area contributed by atoms with Crippen LogP contribution in [0.2, 0.25) is 0 Å². The summed E-state index contributed by atoms with van der Waals surface area (Å²) in [5.41, 5.74) is 2.58. The minimum Gasteiger partial charge on any atom is -0.379 e. The van der Waals surface area contributed by atoms with Crippen molar-refractivity contribution in [2.24, 2.45) is 0 Å². The van der Waals surface area contributed by atoms with Crippen molar-refractivity contribution in [3.05, 3.63) is 29.1 Å². The lowest BCUT2D eigenvalue weighted by molar-refractivity contribution is 0.0293. The van der Waals surface area contributed by atoms with Gasteiger partial charge in [0.05, 0.1) is 13.2 Å². The molecule has 0 atom stereocenters. The van der Waals surface area contributed by atoms with Gasteiger partial charge >= 0.3 is 0 Å². The summed E-state index contributed by atoms with van der Waals surface area (Å²) in [6, 6.07) is 3.78. The third-order valence-electron chi connectivity index (χ3n) is 4.82. The average Bonchev–Trinajstić information content (AvgIpc) is 2.60. The van der Waals surface area contributed by atoms with E-state index in [9.17, 15) is 4.79 Å². The van der Waals surface area contributed by atoms with Crippen LogP contribution in [0.1, 0.15) is 21.7 Å². The first-order valence-electron chi connectivity index (χ1n) is 8.89. The minimum atomic E-state index is 0.136. The quantitative estimate of drug-likeness (QED) is 0.816. The Bertz CT molecular complexity index is 544. The number of ether oxygens (including phenoxy) is 1. The van der Waals surface area contributed by atoms with Crippen LogP contribution in [0.25, 0.3) is 0 Å². The summed E-state index contributed by atoms with van der Waals surface area (Å²) >= 11 is 0. The summed E-state index contributed by atoms with van der Waals surface area (Å²) in [5.74, 6) is 0.136. The highest BCUT2D eigenvalue weighted by Crippen LogP contribution is 2.11. The number of pyridine rings is 1. The number of piperazine rings is 1. The monoisotopic (exact) mass is 332 g/mol. The Hall–Kier alpha value is -1.50. The highest BCUT2D eigenvalue weighted by molar-refractivity contribution is 5.94. The number of amides is 1. The van der Waals surface area contributed by atoms with Crippen LogP contribution in [0, 0.1) is 13.8 Å². The van der Waals surface area contributed by atoms with Crippen LogP contribution in [0.4, 0.5) is 0 Å². The molecule has 0 radical (unpaired) electrons. The molecule has 0 aliphatic carbocycles. The fourth-order valence-corrected chi connectivity index (χ4v) is 3.42. The Labute approximate surface area is 144 Å². The highest BCUT2D eigenvalue weighted by atomic mass is 16.5. The molecule has 3 heterocycles. The number of hydrogen-bond donors (Lipinski definition) is 0. The van der Waals surface area contributed by atoms with Crippen molar-refractivity contribution in [2.75, 3.05) is 65.6 Å². The van der Waals surface area contributed by atoms with Crippen LogP contribution in [-0.2, 0) is 4.74 Å². The molecule has 132 valence electrons. The number of carbonyl (C=O) groups is 1. The summed E-state index contributed by atoms with van der Waals surface area (Å²) in [6.45, 7) is 13.4. The standard InChI is InChI=1S/C18H28N4O2/c1-15-13-17(14-16(2)19-15)18(23)22-7-5-20(6-8-22)3-4-21-9-11-24-12-10-21/h13-14H,3-12H2,1-2H3. The number of carbonyl (C=O) groups excluding carboxylic acids is 1. The van der Waals surface area contributed by atoms with Gasteiger partial charge in [-0.3, -0.25) is 19.6 Å². The molecule has 1 aromatic rings. The number of rotatable bonds is 4. The van der Waals surface area contributed by atoms with E-state index in [1.165, 1.54) is 0 Å². The second-order valence-electron chi connectivity index (χ2n) is 6.73. The van der Waals surface area contributed by atoms with Gasteiger partial charge in [-0.1, -0.05) is 0 Å². The van der Waals surface area contributed by atoms with Gasteiger partial charge in [0.25, 0.3) is 5.91 Å². The van der Waals surface area contributed by atoms with E-state index in [0.29, 0.717) is 0 Å². The predicted octanol–water partition coefficient (Wildman–Crippen LogP) is 0.788. The Morgan fingerprint density at radius 3 is 2.08 bits per heavy atom.